The fourth-order valence-corrected chi connectivity index (χ4v) is 2.65. The van der Waals surface area contributed by atoms with Crippen LogP contribution in [0.5, 0.6) is 0 Å². The summed E-state index contributed by atoms with van der Waals surface area (Å²) in [5, 5.41) is 3.04. The van der Waals surface area contributed by atoms with Gasteiger partial charge in [-0.2, -0.15) is 0 Å². The van der Waals surface area contributed by atoms with Gasteiger partial charge in [0.15, 0.2) is 0 Å². The van der Waals surface area contributed by atoms with Crippen molar-refractivity contribution in [2.75, 3.05) is 19.8 Å². The number of hydrogen-bond donors (Lipinski definition) is 2. The summed E-state index contributed by atoms with van der Waals surface area (Å²) in [6.07, 6.45) is 5.47. The molecule has 16 heavy (non-hydrogen) atoms. The first-order valence-electron chi connectivity index (χ1n) is 6.36. The van der Waals surface area contributed by atoms with Crippen LogP contribution in [0.15, 0.2) is 0 Å². The molecule has 0 aromatic carbocycles. The van der Waals surface area contributed by atoms with Crippen molar-refractivity contribution < 1.29 is 9.53 Å². The second kappa shape index (κ2) is 5.64. The number of hydrogen-bond acceptors (Lipinski definition) is 3. The van der Waals surface area contributed by atoms with Crippen LogP contribution in [0.1, 0.15) is 32.1 Å². The van der Waals surface area contributed by atoms with E-state index in [4.69, 9.17) is 10.5 Å². The van der Waals surface area contributed by atoms with E-state index in [0.29, 0.717) is 18.6 Å². The van der Waals surface area contributed by atoms with Gasteiger partial charge in [0.2, 0.25) is 5.91 Å². The molecule has 4 nitrogen and oxygen atoms in total. The van der Waals surface area contributed by atoms with E-state index >= 15 is 0 Å². The van der Waals surface area contributed by atoms with Crippen LogP contribution in [-0.2, 0) is 9.53 Å². The first-order chi connectivity index (χ1) is 7.75. The molecule has 0 bridgehead atoms. The molecule has 0 spiro atoms. The van der Waals surface area contributed by atoms with Crippen LogP contribution in [0.4, 0.5) is 0 Å². The van der Waals surface area contributed by atoms with E-state index in [-0.39, 0.29) is 11.8 Å². The van der Waals surface area contributed by atoms with Gasteiger partial charge in [-0.15, -0.1) is 0 Å². The molecule has 0 aromatic heterocycles. The van der Waals surface area contributed by atoms with Gasteiger partial charge < -0.3 is 15.8 Å². The molecular formula is C12H22N2O2. The van der Waals surface area contributed by atoms with Crippen LogP contribution in [0.2, 0.25) is 0 Å². The van der Waals surface area contributed by atoms with Gasteiger partial charge in [0.1, 0.15) is 0 Å². The summed E-state index contributed by atoms with van der Waals surface area (Å²) in [7, 11) is 0. The van der Waals surface area contributed by atoms with Crippen LogP contribution in [-0.4, -0.2) is 31.7 Å². The zero-order valence-electron chi connectivity index (χ0n) is 9.78. The van der Waals surface area contributed by atoms with Gasteiger partial charge in [-0.3, -0.25) is 4.79 Å². The highest BCUT2D eigenvalue weighted by molar-refractivity contribution is 5.78. The lowest BCUT2D eigenvalue weighted by Crippen LogP contribution is -2.38. The summed E-state index contributed by atoms with van der Waals surface area (Å²) in [6, 6.07) is 0.338. The molecule has 2 fully saturated rings. The summed E-state index contributed by atoms with van der Waals surface area (Å²) in [5.41, 5.74) is 5.92. The Morgan fingerprint density at radius 1 is 1.38 bits per heavy atom. The van der Waals surface area contributed by atoms with Gasteiger partial charge >= 0.3 is 0 Å². The molecule has 1 heterocycles. The number of carbonyl (C=O) groups excluding carboxylic acids is 1. The quantitative estimate of drug-likeness (QED) is 0.743. The Balaban J connectivity index is 1.67. The number of carbonyl (C=O) groups is 1. The van der Waals surface area contributed by atoms with E-state index in [9.17, 15) is 4.79 Å². The molecule has 3 N–H and O–H groups in total. The van der Waals surface area contributed by atoms with Crippen molar-refractivity contribution in [3.05, 3.63) is 0 Å². The van der Waals surface area contributed by atoms with Crippen molar-refractivity contribution in [3.8, 4) is 0 Å². The Labute approximate surface area is 96.9 Å². The van der Waals surface area contributed by atoms with Gasteiger partial charge in [0, 0.05) is 19.2 Å². The van der Waals surface area contributed by atoms with Gasteiger partial charge in [0.25, 0.3) is 0 Å². The average Bonchev–Trinajstić information content (AvgIpc) is 2.79. The fraction of sp³-hybridized carbons (Fsp3) is 0.917. The highest BCUT2D eigenvalue weighted by Crippen LogP contribution is 2.22. The molecule has 1 aliphatic carbocycles. The van der Waals surface area contributed by atoms with E-state index < -0.39 is 0 Å². The zero-order valence-corrected chi connectivity index (χ0v) is 9.78. The van der Waals surface area contributed by atoms with Crippen molar-refractivity contribution >= 4 is 5.91 Å². The summed E-state index contributed by atoms with van der Waals surface area (Å²) in [6.45, 7) is 2.12. The maximum atomic E-state index is 11.7. The second-order valence-corrected chi connectivity index (χ2v) is 5.10. The monoisotopic (exact) mass is 226 g/mol. The number of nitrogens with two attached hydrogens (primary N) is 1. The average molecular weight is 226 g/mol. The summed E-state index contributed by atoms with van der Waals surface area (Å²) in [5.74, 6) is 0.823. The van der Waals surface area contributed by atoms with Crippen LogP contribution in [0.25, 0.3) is 0 Å². The number of ether oxygens (including phenoxy) is 1. The van der Waals surface area contributed by atoms with Gasteiger partial charge in [0.05, 0.1) is 12.5 Å². The first kappa shape index (κ1) is 11.9. The van der Waals surface area contributed by atoms with Crippen molar-refractivity contribution in [1.82, 2.24) is 5.32 Å². The van der Waals surface area contributed by atoms with E-state index in [1.54, 1.807) is 0 Å². The van der Waals surface area contributed by atoms with Crippen molar-refractivity contribution in [2.24, 2.45) is 17.6 Å². The van der Waals surface area contributed by atoms with Gasteiger partial charge in [-0.1, -0.05) is 6.42 Å². The third-order valence-electron chi connectivity index (χ3n) is 3.69. The largest absolute Gasteiger partial charge is 0.381 e. The van der Waals surface area contributed by atoms with Gasteiger partial charge in [-0.05, 0) is 31.6 Å². The molecule has 1 saturated carbocycles. The van der Waals surface area contributed by atoms with Crippen LogP contribution in [0, 0.1) is 11.8 Å². The van der Waals surface area contributed by atoms with Gasteiger partial charge in [-0.25, -0.2) is 0 Å². The van der Waals surface area contributed by atoms with E-state index in [0.717, 1.165) is 32.4 Å². The van der Waals surface area contributed by atoms with Crippen LogP contribution >= 0.6 is 0 Å². The Morgan fingerprint density at radius 2 is 2.25 bits per heavy atom. The van der Waals surface area contributed by atoms with Crippen LogP contribution in [0.3, 0.4) is 0 Å². The molecule has 0 radical (unpaired) electrons. The summed E-state index contributed by atoms with van der Waals surface area (Å²) in [4.78, 5) is 11.7. The SMILES string of the molecule is NC1CCCC(CNC(=O)C2CCOC2)C1. The zero-order chi connectivity index (χ0) is 11.4. The van der Waals surface area contributed by atoms with E-state index in [1.807, 2.05) is 0 Å². The molecule has 1 aliphatic heterocycles. The second-order valence-electron chi connectivity index (χ2n) is 5.10. The van der Waals surface area contributed by atoms with Crippen molar-refractivity contribution in [2.45, 2.75) is 38.1 Å². The third kappa shape index (κ3) is 3.19. The van der Waals surface area contributed by atoms with E-state index in [1.165, 1.54) is 12.8 Å². The minimum Gasteiger partial charge on any atom is -0.381 e. The lowest BCUT2D eigenvalue weighted by atomic mass is 9.86. The molecule has 1 amide bonds. The predicted octanol–water partition coefficient (Wildman–Crippen LogP) is 0.657. The molecule has 92 valence electrons. The molecule has 3 atom stereocenters. The Hall–Kier alpha value is -0.610. The summed E-state index contributed by atoms with van der Waals surface area (Å²) >= 11 is 0. The standard InChI is InChI=1S/C12H22N2O2/c13-11-3-1-2-9(6-11)7-14-12(15)10-4-5-16-8-10/h9-11H,1-8,13H2,(H,14,15). The lowest BCUT2D eigenvalue weighted by Gasteiger charge is -2.27. The maximum Gasteiger partial charge on any atom is 0.225 e. The number of nitrogens with one attached hydrogen (secondary N) is 1. The van der Waals surface area contributed by atoms with Crippen molar-refractivity contribution in [3.63, 3.8) is 0 Å². The molecule has 0 aromatic rings. The molecule has 3 unspecified atom stereocenters. The highest BCUT2D eigenvalue weighted by Gasteiger charge is 2.25. The number of rotatable bonds is 3. The van der Waals surface area contributed by atoms with Crippen molar-refractivity contribution in [1.29, 1.82) is 0 Å². The molecular weight excluding hydrogens is 204 g/mol. The van der Waals surface area contributed by atoms with Crippen LogP contribution < -0.4 is 11.1 Å². The molecule has 2 aliphatic rings. The van der Waals surface area contributed by atoms with E-state index in [2.05, 4.69) is 5.32 Å². The first-order valence-corrected chi connectivity index (χ1v) is 6.36. The Kier molecular flexibility index (Phi) is 4.18. The molecule has 1 saturated heterocycles. The third-order valence-corrected chi connectivity index (χ3v) is 3.69. The molecule has 4 heteroatoms. The summed E-state index contributed by atoms with van der Waals surface area (Å²) < 4.78 is 5.21. The highest BCUT2D eigenvalue weighted by atomic mass is 16.5. The topological polar surface area (TPSA) is 64.3 Å². The fourth-order valence-electron chi connectivity index (χ4n) is 2.65. The Morgan fingerprint density at radius 3 is 2.94 bits per heavy atom. The predicted molar refractivity (Wildman–Crippen MR) is 61.9 cm³/mol. The number of amides is 1. The maximum absolute atomic E-state index is 11.7. The normalized spacial score (nSPS) is 34.9. The lowest BCUT2D eigenvalue weighted by molar-refractivity contribution is -0.125. The molecule has 2 rings (SSSR count). The smallest absolute Gasteiger partial charge is 0.225 e. The Bertz CT molecular complexity index is 239. The minimum atomic E-state index is 0.0808. The minimum absolute atomic E-state index is 0.0808.